The fraction of sp³-hybridized carbons (Fsp3) is 0.100. The lowest BCUT2D eigenvalue weighted by molar-refractivity contribution is 0.102. The molecule has 1 heterocycles. The highest BCUT2D eigenvalue weighted by atomic mass is 127. The predicted octanol–water partition coefficient (Wildman–Crippen LogP) is 3.28. The van der Waals surface area contributed by atoms with Gasteiger partial charge in [0.25, 0.3) is 5.91 Å². The zero-order valence-electron chi connectivity index (χ0n) is 9.09. The minimum absolute atomic E-state index is 0.212. The Labute approximate surface area is 126 Å². The van der Waals surface area contributed by atoms with E-state index in [1.165, 1.54) is 0 Å². The summed E-state index contributed by atoms with van der Waals surface area (Å²) in [5, 5.41) is 9.84. The van der Waals surface area contributed by atoms with Gasteiger partial charge in [-0.15, -0.1) is 5.10 Å². The van der Waals surface area contributed by atoms with E-state index in [9.17, 15) is 4.79 Å². The molecule has 2 N–H and O–H groups in total. The molecule has 0 bridgehead atoms. The minimum atomic E-state index is -0.359. The van der Waals surface area contributed by atoms with Crippen molar-refractivity contribution in [2.24, 2.45) is 0 Å². The van der Waals surface area contributed by atoms with Crippen LogP contribution in [0.4, 0.5) is 5.95 Å². The van der Waals surface area contributed by atoms with E-state index in [0.717, 1.165) is 0 Å². The molecule has 0 fully saturated rings. The molecular weight excluding hydrogens is 390 g/mol. The normalized spacial score (nSPS) is 10.4. The van der Waals surface area contributed by atoms with Crippen molar-refractivity contribution < 1.29 is 4.79 Å². The van der Waals surface area contributed by atoms with E-state index in [2.05, 4.69) is 20.5 Å². The largest absolute Gasteiger partial charge is 0.289 e. The number of benzene rings is 1. The lowest BCUT2D eigenvalue weighted by Gasteiger charge is -2.06. The number of amides is 1. The van der Waals surface area contributed by atoms with Crippen molar-refractivity contribution in [3.8, 4) is 0 Å². The number of nitrogens with zero attached hydrogens (tertiary/aromatic N) is 2. The van der Waals surface area contributed by atoms with E-state index < -0.39 is 0 Å². The third-order valence-corrected chi connectivity index (χ3v) is 4.06. The van der Waals surface area contributed by atoms with Crippen LogP contribution in [0.1, 0.15) is 16.2 Å². The number of nitrogens with one attached hydrogen (secondary N) is 2. The highest BCUT2D eigenvalue weighted by Gasteiger charge is 2.15. The number of hydrogen-bond donors (Lipinski definition) is 2. The number of anilines is 1. The van der Waals surface area contributed by atoms with Gasteiger partial charge in [-0.3, -0.25) is 15.2 Å². The van der Waals surface area contributed by atoms with Crippen molar-refractivity contribution in [3.63, 3.8) is 0 Å². The molecule has 0 spiro atoms. The van der Waals surface area contributed by atoms with Gasteiger partial charge in [0.15, 0.2) is 0 Å². The number of aryl methyl sites for hydroxylation is 1. The maximum Gasteiger partial charge on any atom is 0.259 e. The van der Waals surface area contributed by atoms with Gasteiger partial charge in [0, 0.05) is 8.59 Å². The summed E-state index contributed by atoms with van der Waals surface area (Å²) < 4.78 is 0.628. The van der Waals surface area contributed by atoms with Gasteiger partial charge in [-0.2, -0.15) is 4.98 Å². The highest BCUT2D eigenvalue weighted by molar-refractivity contribution is 14.1. The molecule has 0 saturated heterocycles. The Bertz CT molecular complexity index is 614. The number of hydrogen-bond acceptors (Lipinski definition) is 3. The molecule has 94 valence electrons. The number of halogens is 3. The van der Waals surface area contributed by atoms with E-state index in [1.54, 1.807) is 19.1 Å². The molecule has 2 aromatic rings. The van der Waals surface area contributed by atoms with Gasteiger partial charge < -0.3 is 0 Å². The van der Waals surface area contributed by atoms with Crippen LogP contribution in [0, 0.1) is 10.5 Å². The molecule has 1 aromatic carbocycles. The Kier molecular flexibility index (Phi) is 4.08. The summed E-state index contributed by atoms with van der Waals surface area (Å²) >= 11 is 13.8. The zero-order chi connectivity index (χ0) is 13.3. The Hall–Kier alpha value is -0.860. The van der Waals surface area contributed by atoms with E-state index in [0.29, 0.717) is 25.0 Å². The minimum Gasteiger partial charge on any atom is -0.289 e. The van der Waals surface area contributed by atoms with Gasteiger partial charge in [-0.25, -0.2) is 0 Å². The molecule has 0 unspecified atom stereocenters. The Morgan fingerprint density at radius 2 is 2.17 bits per heavy atom. The van der Waals surface area contributed by atoms with Crippen LogP contribution in [-0.4, -0.2) is 21.1 Å². The van der Waals surface area contributed by atoms with Crippen molar-refractivity contribution in [2.75, 3.05) is 5.32 Å². The lowest BCUT2D eigenvalue weighted by atomic mass is 10.2. The van der Waals surface area contributed by atoms with E-state index >= 15 is 0 Å². The second kappa shape index (κ2) is 5.41. The maximum absolute atomic E-state index is 12.0. The molecule has 0 aliphatic heterocycles. The van der Waals surface area contributed by atoms with Crippen molar-refractivity contribution in [3.05, 3.63) is 37.1 Å². The monoisotopic (exact) mass is 396 g/mol. The summed E-state index contributed by atoms with van der Waals surface area (Å²) in [4.78, 5) is 16.0. The fourth-order valence-corrected chi connectivity index (χ4v) is 2.34. The smallest absolute Gasteiger partial charge is 0.259 e. The summed E-state index contributed by atoms with van der Waals surface area (Å²) in [6.45, 7) is 1.74. The second-order valence-corrected chi connectivity index (χ2v) is 5.37. The van der Waals surface area contributed by atoms with Crippen LogP contribution >= 0.6 is 45.8 Å². The van der Waals surface area contributed by atoms with E-state index in [4.69, 9.17) is 23.2 Å². The number of carbonyl (C=O) groups is 1. The molecule has 2 rings (SSSR count). The number of aromatic amines is 1. The van der Waals surface area contributed by atoms with Gasteiger partial charge in [0.2, 0.25) is 5.95 Å². The molecule has 0 saturated carbocycles. The molecule has 0 aliphatic carbocycles. The van der Waals surface area contributed by atoms with Crippen molar-refractivity contribution in [1.82, 2.24) is 15.2 Å². The molecule has 5 nitrogen and oxygen atoms in total. The first-order valence-electron chi connectivity index (χ1n) is 4.82. The first kappa shape index (κ1) is 13.6. The van der Waals surface area contributed by atoms with Crippen LogP contribution < -0.4 is 5.32 Å². The van der Waals surface area contributed by atoms with Gasteiger partial charge in [-0.1, -0.05) is 23.2 Å². The number of aromatic nitrogens is 3. The van der Waals surface area contributed by atoms with Gasteiger partial charge in [0.05, 0.1) is 10.6 Å². The van der Waals surface area contributed by atoms with Crippen LogP contribution in [-0.2, 0) is 0 Å². The summed E-state index contributed by atoms with van der Waals surface area (Å²) in [6, 6.07) is 3.13. The summed E-state index contributed by atoms with van der Waals surface area (Å²) in [7, 11) is 0. The third-order valence-electron chi connectivity index (χ3n) is 2.06. The number of rotatable bonds is 2. The molecule has 0 radical (unpaired) electrons. The number of H-pyrrole nitrogens is 1. The first-order chi connectivity index (χ1) is 8.47. The SMILES string of the molecule is Cc1nc(NC(=O)c2cc(Cl)cc(Cl)c2I)n[nH]1. The van der Waals surface area contributed by atoms with Crippen molar-refractivity contribution in [1.29, 1.82) is 0 Å². The van der Waals surface area contributed by atoms with Crippen molar-refractivity contribution in [2.45, 2.75) is 6.92 Å². The molecule has 8 heteroatoms. The first-order valence-corrected chi connectivity index (χ1v) is 6.65. The molecule has 0 atom stereocenters. The lowest BCUT2D eigenvalue weighted by Crippen LogP contribution is -2.14. The standard InChI is InChI=1S/C10H7Cl2IN4O/c1-4-14-10(17-16-4)15-9(18)6-2-5(11)3-7(12)8(6)13/h2-3H,1H3,(H2,14,15,16,17,18). The molecule has 18 heavy (non-hydrogen) atoms. The van der Waals surface area contributed by atoms with Gasteiger partial charge >= 0.3 is 0 Å². The highest BCUT2D eigenvalue weighted by Crippen LogP contribution is 2.27. The van der Waals surface area contributed by atoms with Gasteiger partial charge in [-0.05, 0) is 41.6 Å². The van der Waals surface area contributed by atoms with Crippen LogP contribution in [0.15, 0.2) is 12.1 Å². The average molecular weight is 397 g/mol. The quantitative estimate of drug-likeness (QED) is 0.604. The van der Waals surface area contributed by atoms with Crippen molar-refractivity contribution >= 4 is 57.6 Å². The van der Waals surface area contributed by atoms with Crippen LogP contribution in [0.25, 0.3) is 0 Å². The van der Waals surface area contributed by atoms with Gasteiger partial charge in [0.1, 0.15) is 5.82 Å². The van der Waals surface area contributed by atoms with E-state index in [1.807, 2.05) is 22.6 Å². The Morgan fingerprint density at radius 1 is 1.44 bits per heavy atom. The topological polar surface area (TPSA) is 70.7 Å². The molecular formula is C10H7Cl2IN4O. The third kappa shape index (κ3) is 2.93. The molecule has 0 aliphatic rings. The Balaban J connectivity index is 2.29. The molecule has 1 amide bonds. The van der Waals surface area contributed by atoms with E-state index in [-0.39, 0.29) is 11.9 Å². The number of carbonyl (C=O) groups excluding carboxylic acids is 1. The summed E-state index contributed by atoms with van der Waals surface area (Å²) in [6.07, 6.45) is 0. The zero-order valence-corrected chi connectivity index (χ0v) is 12.8. The Morgan fingerprint density at radius 3 is 2.78 bits per heavy atom. The second-order valence-electron chi connectivity index (χ2n) is 3.45. The average Bonchev–Trinajstić information content (AvgIpc) is 2.69. The summed E-state index contributed by atoms with van der Waals surface area (Å²) in [5.41, 5.74) is 0.385. The predicted molar refractivity (Wildman–Crippen MR) is 78.3 cm³/mol. The van der Waals surface area contributed by atoms with Crippen LogP contribution in [0.3, 0.4) is 0 Å². The maximum atomic E-state index is 12.0. The van der Waals surface area contributed by atoms with Crippen LogP contribution in [0.5, 0.6) is 0 Å². The summed E-state index contributed by atoms with van der Waals surface area (Å²) in [5.74, 6) is 0.469. The fourth-order valence-electron chi connectivity index (χ4n) is 1.29. The van der Waals surface area contributed by atoms with Crippen LogP contribution in [0.2, 0.25) is 10.0 Å². The molecule has 1 aromatic heterocycles.